The van der Waals surface area contributed by atoms with Gasteiger partial charge in [0.25, 0.3) is 5.91 Å². The largest absolute Gasteiger partial charge is 0.507 e. The van der Waals surface area contributed by atoms with Crippen LogP contribution in [0.2, 0.25) is 0 Å². The fourth-order valence-corrected chi connectivity index (χ4v) is 2.00. The maximum Gasteiger partial charge on any atom is 0.259 e. The zero-order valence-electron chi connectivity index (χ0n) is 11.7. The molecule has 20 heavy (non-hydrogen) atoms. The first-order chi connectivity index (χ1) is 9.52. The van der Waals surface area contributed by atoms with Crippen molar-refractivity contribution in [2.45, 2.75) is 13.8 Å². The second kappa shape index (κ2) is 5.65. The molecular weight excluding hydrogens is 254 g/mol. The van der Waals surface area contributed by atoms with Gasteiger partial charge in [-0.3, -0.25) is 4.79 Å². The molecular formula is C16H17NO3. The van der Waals surface area contributed by atoms with Crippen molar-refractivity contribution in [3.8, 4) is 11.5 Å². The van der Waals surface area contributed by atoms with E-state index in [0.29, 0.717) is 11.3 Å². The van der Waals surface area contributed by atoms with Crippen molar-refractivity contribution in [1.29, 1.82) is 0 Å². The van der Waals surface area contributed by atoms with Crippen LogP contribution in [0.15, 0.2) is 36.4 Å². The summed E-state index contributed by atoms with van der Waals surface area (Å²) in [6.45, 7) is 3.66. The Balaban J connectivity index is 2.24. The summed E-state index contributed by atoms with van der Waals surface area (Å²) >= 11 is 0. The Hall–Kier alpha value is -2.49. The molecule has 2 aromatic rings. The van der Waals surface area contributed by atoms with Crippen molar-refractivity contribution in [3.63, 3.8) is 0 Å². The summed E-state index contributed by atoms with van der Waals surface area (Å²) in [5.41, 5.74) is 2.52. The second-order valence-electron chi connectivity index (χ2n) is 4.61. The minimum atomic E-state index is -0.337. The van der Waals surface area contributed by atoms with Gasteiger partial charge < -0.3 is 15.2 Å². The second-order valence-corrected chi connectivity index (χ2v) is 4.61. The van der Waals surface area contributed by atoms with Gasteiger partial charge in [-0.1, -0.05) is 12.1 Å². The third-order valence-corrected chi connectivity index (χ3v) is 3.14. The van der Waals surface area contributed by atoms with E-state index in [-0.39, 0.29) is 17.2 Å². The van der Waals surface area contributed by atoms with E-state index in [1.165, 1.54) is 0 Å². The number of methoxy groups -OCH3 is 1. The minimum Gasteiger partial charge on any atom is -0.507 e. The highest BCUT2D eigenvalue weighted by Crippen LogP contribution is 2.24. The summed E-state index contributed by atoms with van der Waals surface area (Å²) in [6.07, 6.45) is 0. The lowest BCUT2D eigenvalue weighted by atomic mass is 10.1. The van der Waals surface area contributed by atoms with Gasteiger partial charge in [0.1, 0.15) is 11.5 Å². The summed E-state index contributed by atoms with van der Waals surface area (Å²) in [5, 5.41) is 12.7. The average Bonchev–Trinajstić information content (AvgIpc) is 2.42. The molecule has 0 unspecified atom stereocenters. The number of hydrogen-bond acceptors (Lipinski definition) is 3. The number of aromatic hydroxyl groups is 1. The van der Waals surface area contributed by atoms with E-state index >= 15 is 0 Å². The lowest BCUT2D eigenvalue weighted by Gasteiger charge is -2.10. The van der Waals surface area contributed by atoms with E-state index < -0.39 is 0 Å². The van der Waals surface area contributed by atoms with Crippen LogP contribution in [0, 0.1) is 13.8 Å². The highest BCUT2D eigenvalue weighted by molar-refractivity contribution is 6.06. The van der Waals surface area contributed by atoms with Gasteiger partial charge in [-0.05, 0) is 49.2 Å². The highest BCUT2D eigenvalue weighted by atomic mass is 16.5. The molecule has 0 atom stereocenters. The molecule has 0 aliphatic rings. The first kappa shape index (κ1) is 13.9. The van der Waals surface area contributed by atoms with Crippen molar-refractivity contribution < 1.29 is 14.6 Å². The molecule has 0 aliphatic carbocycles. The van der Waals surface area contributed by atoms with Crippen LogP contribution in [0.5, 0.6) is 11.5 Å². The number of amides is 1. The van der Waals surface area contributed by atoms with Gasteiger partial charge in [0, 0.05) is 5.69 Å². The number of carbonyl (C=O) groups excluding carboxylic acids is 1. The van der Waals surface area contributed by atoms with Gasteiger partial charge in [0.05, 0.1) is 12.7 Å². The molecule has 0 heterocycles. The van der Waals surface area contributed by atoms with Crippen LogP contribution in [-0.4, -0.2) is 18.1 Å². The van der Waals surface area contributed by atoms with Gasteiger partial charge in [-0.2, -0.15) is 0 Å². The maximum atomic E-state index is 12.2. The van der Waals surface area contributed by atoms with Gasteiger partial charge in [0.2, 0.25) is 0 Å². The number of aryl methyl sites for hydroxylation is 2. The van der Waals surface area contributed by atoms with Crippen molar-refractivity contribution in [2.24, 2.45) is 0 Å². The topological polar surface area (TPSA) is 58.6 Å². The van der Waals surface area contributed by atoms with Crippen molar-refractivity contribution in [2.75, 3.05) is 12.4 Å². The number of phenolic OH excluding ortho intramolecular Hbond substituents is 1. The predicted octanol–water partition coefficient (Wildman–Crippen LogP) is 3.27. The molecule has 2 aromatic carbocycles. The Labute approximate surface area is 118 Å². The summed E-state index contributed by atoms with van der Waals surface area (Å²) in [7, 11) is 1.60. The van der Waals surface area contributed by atoms with Crippen LogP contribution < -0.4 is 10.1 Å². The van der Waals surface area contributed by atoms with Crippen LogP contribution in [0.1, 0.15) is 21.5 Å². The normalized spacial score (nSPS) is 10.2. The highest BCUT2D eigenvalue weighted by Gasteiger charge is 2.13. The van der Waals surface area contributed by atoms with Crippen LogP contribution >= 0.6 is 0 Å². The molecule has 2 N–H and O–H groups in total. The van der Waals surface area contributed by atoms with E-state index in [9.17, 15) is 9.90 Å². The van der Waals surface area contributed by atoms with Gasteiger partial charge in [-0.15, -0.1) is 0 Å². The van der Waals surface area contributed by atoms with E-state index in [1.807, 2.05) is 13.0 Å². The van der Waals surface area contributed by atoms with Crippen molar-refractivity contribution >= 4 is 11.6 Å². The van der Waals surface area contributed by atoms with Gasteiger partial charge in [0.15, 0.2) is 0 Å². The van der Waals surface area contributed by atoms with Crippen LogP contribution in [-0.2, 0) is 0 Å². The lowest BCUT2D eigenvalue weighted by Crippen LogP contribution is -2.12. The molecule has 4 nitrogen and oxygen atoms in total. The number of para-hydroxylation sites is 1. The Morgan fingerprint density at radius 1 is 1.15 bits per heavy atom. The first-order valence-electron chi connectivity index (χ1n) is 6.27. The van der Waals surface area contributed by atoms with Crippen LogP contribution in [0.4, 0.5) is 5.69 Å². The third-order valence-electron chi connectivity index (χ3n) is 3.14. The smallest absolute Gasteiger partial charge is 0.259 e. The van der Waals surface area contributed by atoms with Gasteiger partial charge >= 0.3 is 0 Å². The molecule has 0 aliphatic heterocycles. The zero-order valence-corrected chi connectivity index (χ0v) is 11.7. The Bertz CT molecular complexity index is 650. The molecule has 1 amide bonds. The molecule has 104 valence electrons. The number of carbonyl (C=O) groups is 1. The molecule has 0 saturated heterocycles. The van der Waals surface area contributed by atoms with Gasteiger partial charge in [-0.25, -0.2) is 0 Å². The molecule has 0 saturated carbocycles. The summed E-state index contributed by atoms with van der Waals surface area (Å²) in [6, 6.07) is 10.5. The quantitative estimate of drug-likeness (QED) is 0.900. The molecule has 0 bridgehead atoms. The van der Waals surface area contributed by atoms with E-state index in [1.54, 1.807) is 44.4 Å². The van der Waals surface area contributed by atoms with Crippen LogP contribution in [0.25, 0.3) is 0 Å². The Kier molecular flexibility index (Phi) is 3.94. The maximum absolute atomic E-state index is 12.2. The zero-order chi connectivity index (χ0) is 14.7. The van der Waals surface area contributed by atoms with Crippen LogP contribution in [0.3, 0.4) is 0 Å². The summed E-state index contributed by atoms with van der Waals surface area (Å²) < 4.78 is 5.17. The molecule has 2 rings (SSSR count). The first-order valence-corrected chi connectivity index (χ1v) is 6.27. The SMILES string of the molecule is COc1ccc(NC(=O)c2cccc(C)c2O)cc1C. The third kappa shape index (κ3) is 2.74. The number of anilines is 1. The molecule has 0 fully saturated rings. The summed E-state index contributed by atoms with van der Waals surface area (Å²) in [4.78, 5) is 12.2. The Morgan fingerprint density at radius 2 is 1.90 bits per heavy atom. The van der Waals surface area contributed by atoms with Crippen molar-refractivity contribution in [1.82, 2.24) is 0 Å². The number of phenols is 1. The number of nitrogens with one attached hydrogen (secondary N) is 1. The number of hydrogen-bond donors (Lipinski definition) is 2. The van der Waals surface area contributed by atoms with Crippen molar-refractivity contribution in [3.05, 3.63) is 53.1 Å². The minimum absolute atomic E-state index is 0.00948. The fraction of sp³-hybridized carbons (Fsp3) is 0.188. The number of benzene rings is 2. The standard InChI is InChI=1S/C16H17NO3/c1-10-5-4-6-13(15(10)18)16(19)17-12-7-8-14(20-3)11(2)9-12/h4-9,18H,1-3H3,(H,17,19). The molecule has 0 radical (unpaired) electrons. The average molecular weight is 271 g/mol. The number of rotatable bonds is 3. The fourth-order valence-electron chi connectivity index (χ4n) is 2.00. The predicted molar refractivity (Wildman–Crippen MR) is 78.5 cm³/mol. The van der Waals surface area contributed by atoms with E-state index in [4.69, 9.17) is 4.74 Å². The number of ether oxygens (including phenoxy) is 1. The Morgan fingerprint density at radius 3 is 2.55 bits per heavy atom. The molecule has 0 aromatic heterocycles. The molecule has 4 heteroatoms. The molecule has 0 spiro atoms. The monoisotopic (exact) mass is 271 g/mol. The van der Waals surface area contributed by atoms with E-state index in [0.717, 1.165) is 11.3 Å². The lowest BCUT2D eigenvalue weighted by molar-refractivity contribution is 0.102. The van der Waals surface area contributed by atoms with E-state index in [2.05, 4.69) is 5.32 Å². The summed E-state index contributed by atoms with van der Waals surface area (Å²) in [5.74, 6) is 0.437.